The molecule has 1 heterocycles. The molecule has 1 aliphatic heterocycles. The van der Waals surface area contributed by atoms with E-state index < -0.39 is 50.6 Å². The molecular weight excluding hydrogens is 601 g/mol. The molecule has 10 nitrogen and oxygen atoms in total. The Morgan fingerprint density at radius 1 is 0.977 bits per heavy atom. The number of carbonyl (C=O) groups is 3. The summed E-state index contributed by atoms with van der Waals surface area (Å²) in [7, 11) is -4.46. The maximum absolute atomic E-state index is 13.6. The number of carboxylic acid groups (broad SMARTS) is 1. The monoisotopic (exact) mass is 632 g/mol. The zero-order valence-electron chi connectivity index (χ0n) is 23.8. The van der Waals surface area contributed by atoms with Gasteiger partial charge in [-0.1, -0.05) is 44.2 Å². The fourth-order valence-electron chi connectivity index (χ4n) is 4.66. The standard InChI is InChI=1S/C30H31F3N4O6S/c1-19(2)21-8-6-20(7-9-21)17-34-27(38)26-18-36(29(41)35-24-5-3-4-22(16-24)28(39)40)14-15-37(26)44(42,43)25-12-10-23(11-13-25)30(31,32)33/h3-13,16,19,26H,14-15,17-18H2,1-2H3,(H,34,38)(H,35,41)(H,39,40)/t26-/m1/s1. The Balaban J connectivity index is 1.57. The highest BCUT2D eigenvalue weighted by Gasteiger charge is 2.42. The Morgan fingerprint density at radius 2 is 1.64 bits per heavy atom. The van der Waals surface area contributed by atoms with Gasteiger partial charge in [-0.05, 0) is 59.5 Å². The number of amides is 3. The van der Waals surface area contributed by atoms with Crippen molar-refractivity contribution < 1.29 is 41.1 Å². The summed E-state index contributed by atoms with van der Waals surface area (Å²) in [5.41, 5.74) is 0.942. The summed E-state index contributed by atoms with van der Waals surface area (Å²) < 4.78 is 67.3. The minimum Gasteiger partial charge on any atom is -0.478 e. The van der Waals surface area contributed by atoms with E-state index in [2.05, 4.69) is 10.6 Å². The van der Waals surface area contributed by atoms with Crippen LogP contribution in [0.5, 0.6) is 0 Å². The first kappa shape index (κ1) is 32.5. The van der Waals surface area contributed by atoms with E-state index in [0.717, 1.165) is 27.6 Å². The molecule has 0 saturated carbocycles. The van der Waals surface area contributed by atoms with Gasteiger partial charge in [0.25, 0.3) is 0 Å². The molecule has 1 aliphatic rings. The second kappa shape index (κ2) is 13.1. The summed E-state index contributed by atoms with van der Waals surface area (Å²) in [4.78, 5) is 38.7. The number of anilines is 1. The summed E-state index contributed by atoms with van der Waals surface area (Å²) in [5.74, 6) is -1.61. The molecule has 3 N–H and O–H groups in total. The number of sulfonamides is 1. The van der Waals surface area contributed by atoms with Crippen molar-refractivity contribution in [2.45, 2.75) is 43.4 Å². The highest BCUT2D eigenvalue weighted by atomic mass is 32.2. The third-order valence-electron chi connectivity index (χ3n) is 7.18. The van der Waals surface area contributed by atoms with E-state index in [-0.39, 0.29) is 37.4 Å². The molecule has 0 aromatic heterocycles. The van der Waals surface area contributed by atoms with Crippen LogP contribution in [-0.2, 0) is 27.5 Å². The summed E-state index contributed by atoms with van der Waals surface area (Å²) in [6.07, 6.45) is -4.67. The van der Waals surface area contributed by atoms with Crippen LogP contribution in [0.15, 0.2) is 77.7 Å². The van der Waals surface area contributed by atoms with Crippen LogP contribution in [0.1, 0.15) is 46.8 Å². The minimum absolute atomic E-state index is 0.0612. The van der Waals surface area contributed by atoms with Crippen molar-refractivity contribution in [2.75, 3.05) is 25.0 Å². The van der Waals surface area contributed by atoms with Gasteiger partial charge < -0.3 is 20.6 Å². The number of piperazine rings is 1. The highest BCUT2D eigenvalue weighted by molar-refractivity contribution is 7.89. The van der Waals surface area contributed by atoms with Crippen molar-refractivity contribution in [2.24, 2.45) is 0 Å². The average molecular weight is 633 g/mol. The van der Waals surface area contributed by atoms with E-state index in [1.54, 1.807) is 0 Å². The van der Waals surface area contributed by atoms with Gasteiger partial charge in [-0.3, -0.25) is 4.79 Å². The molecule has 1 saturated heterocycles. The molecule has 0 radical (unpaired) electrons. The number of carbonyl (C=O) groups excluding carboxylic acids is 2. The van der Waals surface area contributed by atoms with Gasteiger partial charge in [0, 0.05) is 31.9 Å². The van der Waals surface area contributed by atoms with Crippen LogP contribution in [0.4, 0.5) is 23.7 Å². The van der Waals surface area contributed by atoms with Gasteiger partial charge in [-0.15, -0.1) is 0 Å². The Bertz CT molecular complexity index is 1630. The normalized spacial score (nSPS) is 16.0. The van der Waals surface area contributed by atoms with E-state index in [4.69, 9.17) is 0 Å². The summed E-state index contributed by atoms with van der Waals surface area (Å²) in [6.45, 7) is 3.29. The Morgan fingerprint density at radius 3 is 2.23 bits per heavy atom. The number of aromatic carboxylic acids is 1. The molecule has 14 heteroatoms. The first-order valence-corrected chi connectivity index (χ1v) is 15.1. The lowest BCUT2D eigenvalue weighted by Crippen LogP contribution is -2.61. The number of rotatable bonds is 8. The van der Waals surface area contributed by atoms with Crippen molar-refractivity contribution in [3.63, 3.8) is 0 Å². The average Bonchev–Trinajstić information content (AvgIpc) is 2.99. The molecule has 234 valence electrons. The fraction of sp³-hybridized carbons (Fsp3) is 0.300. The van der Waals surface area contributed by atoms with Crippen LogP contribution in [0, 0.1) is 0 Å². The van der Waals surface area contributed by atoms with Gasteiger partial charge >= 0.3 is 18.2 Å². The van der Waals surface area contributed by atoms with Crippen LogP contribution in [0.3, 0.4) is 0 Å². The molecule has 0 aliphatic carbocycles. The summed E-state index contributed by atoms with van der Waals surface area (Å²) in [6, 6.07) is 13.9. The van der Waals surface area contributed by atoms with Crippen molar-refractivity contribution in [1.82, 2.24) is 14.5 Å². The van der Waals surface area contributed by atoms with Crippen LogP contribution < -0.4 is 10.6 Å². The first-order chi connectivity index (χ1) is 20.7. The molecule has 3 aromatic rings. The van der Waals surface area contributed by atoms with Gasteiger partial charge in [0.2, 0.25) is 15.9 Å². The number of carboxylic acids is 1. The molecule has 3 aromatic carbocycles. The Hall–Kier alpha value is -4.43. The van der Waals surface area contributed by atoms with E-state index >= 15 is 0 Å². The molecule has 1 fully saturated rings. The summed E-state index contributed by atoms with van der Waals surface area (Å²) >= 11 is 0. The zero-order chi connectivity index (χ0) is 32.2. The lowest BCUT2D eigenvalue weighted by molar-refractivity contribution is -0.137. The number of halogens is 3. The molecule has 1 atom stereocenters. The smallest absolute Gasteiger partial charge is 0.416 e. The molecule has 0 bridgehead atoms. The number of nitrogens with zero attached hydrogens (tertiary/aromatic N) is 2. The van der Waals surface area contributed by atoms with Gasteiger partial charge in [-0.25, -0.2) is 18.0 Å². The number of benzene rings is 3. The SMILES string of the molecule is CC(C)c1ccc(CNC(=O)[C@H]2CN(C(=O)Nc3cccc(C(=O)O)c3)CCN2S(=O)(=O)c2ccc(C(F)(F)F)cc2)cc1. The van der Waals surface area contributed by atoms with Gasteiger partial charge in [0.1, 0.15) is 6.04 Å². The van der Waals surface area contributed by atoms with Crippen LogP contribution in [-0.4, -0.2) is 66.3 Å². The number of hydrogen-bond donors (Lipinski definition) is 3. The largest absolute Gasteiger partial charge is 0.478 e. The maximum atomic E-state index is 13.6. The summed E-state index contributed by atoms with van der Waals surface area (Å²) in [5, 5.41) is 14.5. The fourth-order valence-corrected chi connectivity index (χ4v) is 6.23. The minimum atomic E-state index is -4.67. The van der Waals surface area contributed by atoms with Crippen molar-refractivity contribution in [1.29, 1.82) is 0 Å². The predicted octanol–water partition coefficient (Wildman–Crippen LogP) is 4.75. The van der Waals surface area contributed by atoms with Crippen LogP contribution >= 0.6 is 0 Å². The molecule has 44 heavy (non-hydrogen) atoms. The third-order valence-corrected chi connectivity index (χ3v) is 9.11. The van der Waals surface area contributed by atoms with Crippen molar-refractivity contribution >= 4 is 33.6 Å². The number of alkyl halides is 3. The molecule has 3 amide bonds. The lowest BCUT2D eigenvalue weighted by atomic mass is 10.0. The molecular formula is C30H31F3N4O6S. The van der Waals surface area contributed by atoms with Crippen LogP contribution in [0.25, 0.3) is 0 Å². The number of hydrogen-bond acceptors (Lipinski definition) is 5. The third kappa shape index (κ3) is 7.55. The Labute approximate surface area is 252 Å². The second-order valence-electron chi connectivity index (χ2n) is 10.5. The number of urea groups is 1. The van der Waals surface area contributed by atoms with Crippen molar-refractivity contribution in [3.05, 3.63) is 95.1 Å². The quantitative estimate of drug-likeness (QED) is 0.328. The Kier molecular flexibility index (Phi) is 9.64. The molecule has 0 unspecified atom stereocenters. The predicted molar refractivity (Wildman–Crippen MR) is 155 cm³/mol. The van der Waals surface area contributed by atoms with Gasteiger partial charge in [0.15, 0.2) is 0 Å². The zero-order valence-corrected chi connectivity index (χ0v) is 24.7. The van der Waals surface area contributed by atoms with Gasteiger partial charge in [0.05, 0.1) is 16.0 Å². The molecule has 0 spiro atoms. The van der Waals surface area contributed by atoms with Gasteiger partial charge in [-0.2, -0.15) is 17.5 Å². The first-order valence-electron chi connectivity index (χ1n) is 13.6. The lowest BCUT2D eigenvalue weighted by Gasteiger charge is -2.39. The maximum Gasteiger partial charge on any atom is 0.416 e. The van der Waals surface area contributed by atoms with E-state index in [9.17, 15) is 41.1 Å². The molecule has 4 rings (SSSR count). The highest BCUT2D eigenvalue weighted by Crippen LogP contribution is 2.31. The van der Waals surface area contributed by atoms with E-state index in [1.807, 2.05) is 38.1 Å². The van der Waals surface area contributed by atoms with Crippen LogP contribution in [0.2, 0.25) is 0 Å². The van der Waals surface area contributed by atoms with E-state index in [1.165, 1.54) is 29.2 Å². The number of nitrogens with one attached hydrogen (secondary N) is 2. The van der Waals surface area contributed by atoms with Crippen molar-refractivity contribution in [3.8, 4) is 0 Å². The topological polar surface area (TPSA) is 136 Å². The second-order valence-corrected chi connectivity index (χ2v) is 12.4. The van der Waals surface area contributed by atoms with E-state index in [0.29, 0.717) is 18.1 Å².